The first kappa shape index (κ1) is 13.6. The Bertz CT molecular complexity index is 591. The third-order valence-electron chi connectivity index (χ3n) is 3.21. The fraction of sp³-hybridized carbons (Fsp3) is 0.250. The van der Waals surface area contributed by atoms with Gasteiger partial charge in [-0.25, -0.2) is 4.39 Å². The molecule has 0 spiro atoms. The third-order valence-corrected chi connectivity index (χ3v) is 3.21. The van der Waals surface area contributed by atoms with Gasteiger partial charge in [-0.2, -0.15) is 0 Å². The van der Waals surface area contributed by atoms with Gasteiger partial charge in [0, 0.05) is 5.56 Å². The van der Waals surface area contributed by atoms with Crippen molar-refractivity contribution in [1.82, 2.24) is 0 Å². The molecule has 0 aliphatic heterocycles. The minimum atomic E-state index is -0.782. The van der Waals surface area contributed by atoms with E-state index in [4.69, 9.17) is 4.74 Å². The molecular weight excluding hydrogens is 243 g/mol. The molecule has 1 N–H and O–H groups in total. The minimum absolute atomic E-state index is 0.0891. The van der Waals surface area contributed by atoms with Gasteiger partial charge in [-0.1, -0.05) is 24.3 Å². The van der Waals surface area contributed by atoms with Gasteiger partial charge in [-0.3, -0.25) is 0 Å². The summed E-state index contributed by atoms with van der Waals surface area (Å²) in [5, 5.41) is 9.68. The molecule has 19 heavy (non-hydrogen) atoms. The minimum Gasteiger partial charge on any atom is -0.454 e. The van der Waals surface area contributed by atoms with E-state index in [1.165, 1.54) is 6.07 Å². The highest BCUT2D eigenvalue weighted by atomic mass is 19.1. The van der Waals surface area contributed by atoms with Gasteiger partial charge in [0.25, 0.3) is 0 Å². The van der Waals surface area contributed by atoms with Gasteiger partial charge in [0.2, 0.25) is 0 Å². The summed E-state index contributed by atoms with van der Waals surface area (Å²) in [4.78, 5) is 0. The molecular formula is C16H17FO2. The maximum Gasteiger partial charge on any atom is 0.168 e. The van der Waals surface area contributed by atoms with E-state index in [1.807, 2.05) is 26.0 Å². The number of ether oxygens (including phenoxy) is 1. The molecule has 3 heteroatoms. The smallest absolute Gasteiger partial charge is 0.168 e. The molecule has 0 radical (unpaired) electrons. The van der Waals surface area contributed by atoms with Crippen LogP contribution in [0.15, 0.2) is 36.4 Å². The summed E-state index contributed by atoms with van der Waals surface area (Å²) in [5.74, 6) is 0.220. The van der Waals surface area contributed by atoms with Gasteiger partial charge >= 0.3 is 0 Å². The molecule has 1 atom stereocenters. The Morgan fingerprint density at radius 3 is 2.47 bits per heavy atom. The SMILES string of the molecule is Cc1cccc(Oc2c(F)cccc2[C@@H](C)O)c1C. The molecule has 100 valence electrons. The first-order chi connectivity index (χ1) is 9.00. The largest absolute Gasteiger partial charge is 0.454 e. The zero-order valence-corrected chi connectivity index (χ0v) is 11.3. The number of benzene rings is 2. The number of aryl methyl sites for hydroxylation is 1. The lowest BCUT2D eigenvalue weighted by Crippen LogP contribution is -2.00. The Hall–Kier alpha value is -1.87. The van der Waals surface area contributed by atoms with Crippen molar-refractivity contribution in [2.24, 2.45) is 0 Å². The van der Waals surface area contributed by atoms with E-state index >= 15 is 0 Å². The summed E-state index contributed by atoms with van der Waals surface area (Å²) >= 11 is 0. The van der Waals surface area contributed by atoms with Crippen molar-refractivity contribution >= 4 is 0 Å². The molecule has 2 aromatic carbocycles. The second kappa shape index (κ2) is 5.41. The summed E-state index contributed by atoms with van der Waals surface area (Å²) in [6, 6.07) is 10.2. The van der Waals surface area contributed by atoms with E-state index < -0.39 is 11.9 Å². The van der Waals surface area contributed by atoms with Crippen molar-refractivity contribution in [2.45, 2.75) is 26.9 Å². The fourth-order valence-corrected chi connectivity index (χ4v) is 1.91. The van der Waals surface area contributed by atoms with Crippen LogP contribution in [0.4, 0.5) is 4.39 Å². The Morgan fingerprint density at radius 1 is 1.11 bits per heavy atom. The fourth-order valence-electron chi connectivity index (χ4n) is 1.91. The molecule has 0 aliphatic rings. The quantitative estimate of drug-likeness (QED) is 0.892. The van der Waals surface area contributed by atoms with Crippen molar-refractivity contribution in [2.75, 3.05) is 0 Å². The molecule has 0 saturated carbocycles. The normalized spacial score (nSPS) is 12.3. The zero-order valence-electron chi connectivity index (χ0n) is 11.3. The lowest BCUT2D eigenvalue weighted by molar-refractivity contribution is 0.194. The lowest BCUT2D eigenvalue weighted by Gasteiger charge is -2.16. The predicted octanol–water partition coefficient (Wildman–Crippen LogP) is 4.29. The number of hydrogen-bond donors (Lipinski definition) is 1. The highest BCUT2D eigenvalue weighted by molar-refractivity contribution is 5.44. The van der Waals surface area contributed by atoms with Crippen LogP contribution in [0, 0.1) is 19.7 Å². The van der Waals surface area contributed by atoms with Crippen molar-refractivity contribution in [1.29, 1.82) is 0 Å². The van der Waals surface area contributed by atoms with Gasteiger partial charge in [0.1, 0.15) is 5.75 Å². The molecule has 0 bridgehead atoms. The van der Waals surface area contributed by atoms with Gasteiger partial charge in [-0.15, -0.1) is 0 Å². The highest BCUT2D eigenvalue weighted by Gasteiger charge is 2.15. The van der Waals surface area contributed by atoms with Gasteiger partial charge in [0.15, 0.2) is 11.6 Å². The van der Waals surface area contributed by atoms with Gasteiger partial charge < -0.3 is 9.84 Å². The van der Waals surface area contributed by atoms with E-state index in [0.29, 0.717) is 11.3 Å². The molecule has 0 aliphatic carbocycles. The van der Waals surface area contributed by atoms with E-state index in [0.717, 1.165) is 11.1 Å². The van der Waals surface area contributed by atoms with Crippen LogP contribution >= 0.6 is 0 Å². The van der Waals surface area contributed by atoms with E-state index in [2.05, 4.69) is 0 Å². The number of aliphatic hydroxyl groups is 1. The maximum absolute atomic E-state index is 13.9. The molecule has 0 unspecified atom stereocenters. The molecule has 2 nitrogen and oxygen atoms in total. The summed E-state index contributed by atoms with van der Waals surface area (Å²) in [6.07, 6.45) is -0.782. The van der Waals surface area contributed by atoms with Crippen molar-refractivity contribution in [3.8, 4) is 11.5 Å². The molecule has 0 fully saturated rings. The molecule has 0 heterocycles. The average molecular weight is 260 g/mol. The Balaban J connectivity index is 2.46. The average Bonchev–Trinajstić information content (AvgIpc) is 2.36. The number of rotatable bonds is 3. The second-order valence-corrected chi connectivity index (χ2v) is 4.63. The van der Waals surface area contributed by atoms with Crippen LogP contribution in [0.5, 0.6) is 11.5 Å². The second-order valence-electron chi connectivity index (χ2n) is 4.63. The maximum atomic E-state index is 13.9. The van der Waals surface area contributed by atoms with Crippen molar-refractivity contribution < 1.29 is 14.2 Å². The van der Waals surface area contributed by atoms with Crippen molar-refractivity contribution in [3.63, 3.8) is 0 Å². The predicted molar refractivity (Wildman–Crippen MR) is 73.0 cm³/mol. The van der Waals surface area contributed by atoms with E-state index in [1.54, 1.807) is 25.1 Å². The molecule has 0 saturated heterocycles. The number of aliphatic hydroxyl groups excluding tert-OH is 1. The molecule has 0 amide bonds. The van der Waals surface area contributed by atoms with Crippen LogP contribution in [-0.4, -0.2) is 5.11 Å². The van der Waals surface area contributed by atoms with Crippen LogP contribution in [0.25, 0.3) is 0 Å². The zero-order chi connectivity index (χ0) is 14.0. The monoisotopic (exact) mass is 260 g/mol. The summed E-state index contributed by atoms with van der Waals surface area (Å²) in [5.41, 5.74) is 2.48. The topological polar surface area (TPSA) is 29.5 Å². The van der Waals surface area contributed by atoms with Crippen LogP contribution in [0.3, 0.4) is 0 Å². The summed E-state index contributed by atoms with van der Waals surface area (Å²) in [7, 11) is 0. The number of para-hydroxylation sites is 1. The highest BCUT2D eigenvalue weighted by Crippen LogP contribution is 2.34. The van der Waals surface area contributed by atoms with Crippen LogP contribution < -0.4 is 4.74 Å². The Labute approximate surface area is 112 Å². The standard InChI is InChI=1S/C16H17FO2/c1-10-6-4-9-15(11(10)2)19-16-13(12(3)18)7-5-8-14(16)17/h4-9,12,18H,1-3H3/t12-/m1/s1. The lowest BCUT2D eigenvalue weighted by atomic mass is 10.1. The summed E-state index contributed by atoms with van der Waals surface area (Å²) < 4.78 is 19.6. The van der Waals surface area contributed by atoms with E-state index in [9.17, 15) is 9.50 Å². The Kier molecular flexibility index (Phi) is 3.86. The van der Waals surface area contributed by atoms with E-state index in [-0.39, 0.29) is 5.75 Å². The Morgan fingerprint density at radius 2 is 1.79 bits per heavy atom. The molecule has 2 rings (SSSR count). The van der Waals surface area contributed by atoms with Gasteiger partial charge in [0.05, 0.1) is 6.10 Å². The van der Waals surface area contributed by atoms with Crippen LogP contribution in [0.1, 0.15) is 29.7 Å². The number of hydrogen-bond acceptors (Lipinski definition) is 2. The third kappa shape index (κ3) is 2.76. The van der Waals surface area contributed by atoms with Gasteiger partial charge in [-0.05, 0) is 44.0 Å². The van der Waals surface area contributed by atoms with Crippen molar-refractivity contribution in [3.05, 3.63) is 58.9 Å². The van der Waals surface area contributed by atoms with Crippen LogP contribution in [-0.2, 0) is 0 Å². The first-order valence-electron chi connectivity index (χ1n) is 6.21. The molecule has 0 aromatic heterocycles. The number of halogens is 1. The summed E-state index contributed by atoms with van der Waals surface area (Å²) in [6.45, 7) is 5.48. The van der Waals surface area contributed by atoms with Crippen LogP contribution in [0.2, 0.25) is 0 Å². The first-order valence-corrected chi connectivity index (χ1v) is 6.21. The molecule has 2 aromatic rings.